The van der Waals surface area contributed by atoms with Crippen LogP contribution in [0.2, 0.25) is 0 Å². The summed E-state index contributed by atoms with van der Waals surface area (Å²) in [6.45, 7) is 0.184. The number of nitrogens with one attached hydrogen (secondary N) is 1. The molecular weight excluding hydrogens is 389 g/mol. The molecule has 0 bridgehead atoms. The summed E-state index contributed by atoms with van der Waals surface area (Å²) in [6, 6.07) is 11.3. The Balaban J connectivity index is 1.65. The number of ether oxygens (including phenoxy) is 2. The number of rotatable bonds is 8. The molecule has 1 aliphatic rings. The van der Waals surface area contributed by atoms with Crippen LogP contribution in [0.3, 0.4) is 0 Å². The van der Waals surface area contributed by atoms with E-state index in [0.29, 0.717) is 35.5 Å². The number of aliphatic carboxylic acids is 1. The number of amides is 1. The summed E-state index contributed by atoms with van der Waals surface area (Å²) in [6.07, 6.45) is 5.33. The molecule has 3 rings (SSSR count). The molecule has 0 unspecified atom stereocenters. The molecule has 1 amide bonds. The zero-order valence-electron chi connectivity index (χ0n) is 16.7. The van der Waals surface area contributed by atoms with E-state index in [1.165, 1.54) is 25.3 Å². The van der Waals surface area contributed by atoms with Gasteiger partial charge in [0.1, 0.15) is 18.0 Å². The zero-order valence-corrected chi connectivity index (χ0v) is 16.7. The average molecular weight is 413 g/mol. The predicted octanol–water partition coefficient (Wildman–Crippen LogP) is 3.94. The summed E-state index contributed by atoms with van der Waals surface area (Å²) in [5.41, 5.74) is 0.209. The number of carbonyl (C=O) groups is 2. The first-order valence-corrected chi connectivity index (χ1v) is 9.71. The largest absolute Gasteiger partial charge is 0.493 e. The quantitative estimate of drug-likeness (QED) is 0.641. The third-order valence-electron chi connectivity index (χ3n) is 5.13. The van der Waals surface area contributed by atoms with E-state index in [1.54, 1.807) is 36.4 Å². The summed E-state index contributed by atoms with van der Waals surface area (Å²) in [5, 5.41) is 12.1. The molecule has 0 radical (unpaired) electrons. The molecule has 6 nitrogen and oxygen atoms in total. The number of benzene rings is 2. The monoisotopic (exact) mass is 413 g/mol. The number of hydrogen-bond donors (Lipinski definition) is 2. The molecule has 2 aromatic carbocycles. The molecular formula is C23H24FNO5. The molecule has 158 valence electrons. The maximum absolute atomic E-state index is 13.3. The predicted molar refractivity (Wildman–Crippen MR) is 110 cm³/mol. The molecule has 7 heteroatoms. The van der Waals surface area contributed by atoms with Gasteiger partial charge < -0.3 is 19.9 Å². The van der Waals surface area contributed by atoms with E-state index in [0.717, 1.165) is 12.8 Å². The van der Waals surface area contributed by atoms with Crippen LogP contribution in [-0.4, -0.2) is 29.6 Å². The number of halogens is 1. The first kappa shape index (κ1) is 21.4. The molecule has 0 spiro atoms. The molecule has 30 heavy (non-hydrogen) atoms. The van der Waals surface area contributed by atoms with E-state index in [4.69, 9.17) is 9.47 Å². The number of hydrogen-bond acceptors (Lipinski definition) is 4. The van der Waals surface area contributed by atoms with Crippen molar-refractivity contribution in [3.8, 4) is 11.5 Å². The molecule has 0 atom stereocenters. The minimum atomic E-state index is -1.17. The molecule has 0 aliphatic heterocycles. The van der Waals surface area contributed by atoms with E-state index in [1.807, 2.05) is 0 Å². The first-order chi connectivity index (χ1) is 14.4. The van der Waals surface area contributed by atoms with Gasteiger partial charge in [0.25, 0.3) is 0 Å². The maximum atomic E-state index is 13.3. The maximum Gasteiger partial charge on any atom is 0.329 e. The molecule has 1 fully saturated rings. The van der Waals surface area contributed by atoms with Gasteiger partial charge in [-0.25, -0.2) is 9.18 Å². The van der Waals surface area contributed by atoms with Crippen LogP contribution < -0.4 is 14.8 Å². The van der Waals surface area contributed by atoms with Crippen LogP contribution in [0.4, 0.5) is 4.39 Å². The summed E-state index contributed by atoms with van der Waals surface area (Å²) in [5.74, 6) is -0.831. The van der Waals surface area contributed by atoms with Crippen molar-refractivity contribution in [2.24, 2.45) is 0 Å². The van der Waals surface area contributed by atoms with Crippen LogP contribution in [0.15, 0.2) is 48.5 Å². The van der Waals surface area contributed by atoms with Crippen LogP contribution >= 0.6 is 0 Å². The first-order valence-electron chi connectivity index (χ1n) is 9.71. The van der Waals surface area contributed by atoms with Crippen molar-refractivity contribution in [2.75, 3.05) is 7.11 Å². The fraction of sp³-hybridized carbons (Fsp3) is 0.304. The van der Waals surface area contributed by atoms with Crippen molar-refractivity contribution in [3.63, 3.8) is 0 Å². The Morgan fingerprint density at radius 2 is 1.93 bits per heavy atom. The molecule has 1 aliphatic carbocycles. The lowest BCUT2D eigenvalue weighted by atomic mass is 9.98. The van der Waals surface area contributed by atoms with E-state index in [2.05, 4.69) is 5.32 Å². The summed E-state index contributed by atoms with van der Waals surface area (Å²) in [7, 11) is 1.50. The number of carboxylic acid groups (broad SMARTS) is 1. The highest BCUT2D eigenvalue weighted by Crippen LogP contribution is 2.31. The molecule has 2 aromatic rings. The van der Waals surface area contributed by atoms with Gasteiger partial charge in [-0.15, -0.1) is 0 Å². The van der Waals surface area contributed by atoms with E-state index < -0.39 is 17.4 Å². The van der Waals surface area contributed by atoms with Crippen LogP contribution in [0.25, 0.3) is 6.08 Å². The molecule has 1 saturated carbocycles. The van der Waals surface area contributed by atoms with Crippen LogP contribution in [-0.2, 0) is 16.2 Å². The second kappa shape index (κ2) is 9.43. The fourth-order valence-electron chi connectivity index (χ4n) is 3.52. The minimum absolute atomic E-state index is 0.184. The van der Waals surface area contributed by atoms with Gasteiger partial charge in [-0.05, 0) is 54.3 Å². The lowest BCUT2D eigenvalue weighted by Crippen LogP contribution is -2.52. The highest BCUT2D eigenvalue weighted by molar-refractivity contribution is 5.96. The van der Waals surface area contributed by atoms with Crippen molar-refractivity contribution < 1.29 is 28.6 Å². The standard InChI is InChI=1S/C23H24FNO5/c1-29-20-14-16(7-9-19(20)30-15-17-5-4-6-18(24)13-17)8-10-21(26)25-23(22(27)28)11-2-3-12-23/h4-10,13-14H,2-3,11-12,15H2,1H3,(H,25,26)(H,27,28). The fourth-order valence-corrected chi connectivity index (χ4v) is 3.52. The normalized spacial score (nSPS) is 15.1. The second-order valence-corrected chi connectivity index (χ2v) is 7.25. The van der Waals surface area contributed by atoms with Gasteiger partial charge in [0.2, 0.25) is 5.91 Å². The number of carbonyl (C=O) groups excluding carboxylic acids is 1. The van der Waals surface area contributed by atoms with E-state index in [-0.39, 0.29) is 12.4 Å². The van der Waals surface area contributed by atoms with Crippen LogP contribution in [0.1, 0.15) is 36.8 Å². The van der Waals surface area contributed by atoms with Crippen LogP contribution in [0, 0.1) is 5.82 Å². The Morgan fingerprint density at radius 3 is 2.60 bits per heavy atom. The van der Waals surface area contributed by atoms with Crippen molar-refractivity contribution >= 4 is 18.0 Å². The highest BCUT2D eigenvalue weighted by Gasteiger charge is 2.42. The molecule has 2 N–H and O–H groups in total. The highest BCUT2D eigenvalue weighted by atomic mass is 19.1. The van der Waals surface area contributed by atoms with Gasteiger partial charge in [0.15, 0.2) is 11.5 Å². The Kier molecular flexibility index (Phi) is 6.72. The van der Waals surface area contributed by atoms with Gasteiger partial charge in [0.05, 0.1) is 7.11 Å². The lowest BCUT2D eigenvalue weighted by Gasteiger charge is -2.24. The zero-order chi connectivity index (χ0) is 21.6. The van der Waals surface area contributed by atoms with Crippen molar-refractivity contribution in [2.45, 2.75) is 37.8 Å². The van der Waals surface area contributed by atoms with Crippen molar-refractivity contribution in [3.05, 3.63) is 65.5 Å². The van der Waals surface area contributed by atoms with Crippen molar-refractivity contribution in [1.29, 1.82) is 0 Å². The Morgan fingerprint density at radius 1 is 1.17 bits per heavy atom. The van der Waals surface area contributed by atoms with Gasteiger partial charge >= 0.3 is 5.97 Å². The summed E-state index contributed by atoms with van der Waals surface area (Å²) in [4.78, 5) is 23.8. The minimum Gasteiger partial charge on any atom is -0.493 e. The second-order valence-electron chi connectivity index (χ2n) is 7.25. The van der Waals surface area contributed by atoms with Gasteiger partial charge in [0, 0.05) is 6.08 Å². The summed E-state index contributed by atoms with van der Waals surface area (Å²) >= 11 is 0. The average Bonchev–Trinajstić information content (AvgIpc) is 3.21. The van der Waals surface area contributed by atoms with E-state index in [9.17, 15) is 19.1 Å². The van der Waals surface area contributed by atoms with E-state index >= 15 is 0 Å². The SMILES string of the molecule is COc1cc(C=CC(=O)NC2(C(=O)O)CCCC2)ccc1OCc1cccc(F)c1. The lowest BCUT2D eigenvalue weighted by molar-refractivity contribution is -0.146. The Bertz CT molecular complexity index is 950. The number of methoxy groups -OCH3 is 1. The Labute approximate surface area is 174 Å². The third-order valence-corrected chi connectivity index (χ3v) is 5.13. The smallest absolute Gasteiger partial charge is 0.329 e. The summed E-state index contributed by atoms with van der Waals surface area (Å²) < 4.78 is 24.4. The van der Waals surface area contributed by atoms with Gasteiger partial charge in [-0.1, -0.05) is 31.0 Å². The van der Waals surface area contributed by atoms with Gasteiger partial charge in [-0.3, -0.25) is 4.79 Å². The molecule has 0 aromatic heterocycles. The number of carboxylic acids is 1. The molecule has 0 heterocycles. The third kappa shape index (κ3) is 5.17. The van der Waals surface area contributed by atoms with Gasteiger partial charge in [-0.2, -0.15) is 0 Å². The van der Waals surface area contributed by atoms with Crippen LogP contribution in [0.5, 0.6) is 11.5 Å². The topological polar surface area (TPSA) is 84.9 Å². The molecule has 0 saturated heterocycles. The Hall–Kier alpha value is -3.35. The van der Waals surface area contributed by atoms with Crippen molar-refractivity contribution in [1.82, 2.24) is 5.32 Å².